The second-order valence-electron chi connectivity index (χ2n) is 7.67. The van der Waals surface area contributed by atoms with Gasteiger partial charge in [-0.3, -0.25) is 8.98 Å². The molecule has 1 amide bonds. The first-order valence-corrected chi connectivity index (χ1v) is 11.2. The van der Waals surface area contributed by atoms with Gasteiger partial charge in [-0.2, -0.15) is 8.42 Å². The fraction of sp³-hybridized carbons (Fsp3) is 0.571. The highest BCUT2D eigenvalue weighted by atomic mass is 32.2. The molecule has 1 saturated heterocycles. The predicted molar refractivity (Wildman–Crippen MR) is 116 cm³/mol. The average molecular weight is 426 g/mol. The van der Waals surface area contributed by atoms with Crippen LogP contribution in [0.5, 0.6) is 0 Å². The summed E-state index contributed by atoms with van der Waals surface area (Å²) >= 11 is 0. The fourth-order valence-corrected chi connectivity index (χ4v) is 3.77. The van der Waals surface area contributed by atoms with Gasteiger partial charge in [0.15, 0.2) is 0 Å². The molecule has 1 fully saturated rings. The molecule has 1 heterocycles. The van der Waals surface area contributed by atoms with Gasteiger partial charge in [-0.1, -0.05) is 24.3 Å². The third kappa shape index (κ3) is 8.87. The van der Waals surface area contributed by atoms with E-state index in [1.807, 2.05) is 44.9 Å². The summed E-state index contributed by atoms with van der Waals surface area (Å²) in [5.74, 6) is 1.44. The first-order valence-electron chi connectivity index (χ1n) is 9.75. The number of aryl methyl sites for hydroxylation is 1. The SMILES string of the molecule is C=C(N(C)C)N(C)C.Cc1ccc(S(=O)(=O)OCCC2CCN(C=O)CC2)cc1. The number of rotatable bonds is 8. The molecule has 164 valence electrons. The topological polar surface area (TPSA) is 70.2 Å². The van der Waals surface area contributed by atoms with E-state index in [9.17, 15) is 13.2 Å². The molecule has 1 aliphatic rings. The summed E-state index contributed by atoms with van der Waals surface area (Å²) in [5, 5.41) is 0. The van der Waals surface area contributed by atoms with Crippen molar-refractivity contribution in [1.29, 1.82) is 0 Å². The van der Waals surface area contributed by atoms with Crippen LogP contribution in [0, 0.1) is 12.8 Å². The number of carbonyl (C=O) groups is 1. The second-order valence-corrected chi connectivity index (χ2v) is 9.28. The van der Waals surface area contributed by atoms with E-state index in [0.717, 1.165) is 43.7 Å². The fourth-order valence-electron chi connectivity index (χ4n) is 2.84. The Morgan fingerprint density at radius 2 is 1.66 bits per heavy atom. The quantitative estimate of drug-likeness (QED) is 0.471. The van der Waals surface area contributed by atoms with Crippen molar-refractivity contribution in [2.45, 2.75) is 31.1 Å². The zero-order valence-electron chi connectivity index (χ0n) is 18.3. The highest BCUT2D eigenvalue weighted by Gasteiger charge is 2.20. The molecule has 1 aromatic rings. The molecule has 0 saturated carbocycles. The van der Waals surface area contributed by atoms with E-state index in [4.69, 9.17) is 4.18 Å². The van der Waals surface area contributed by atoms with Crippen molar-refractivity contribution in [3.05, 3.63) is 42.2 Å². The van der Waals surface area contributed by atoms with Crippen molar-refractivity contribution in [1.82, 2.24) is 14.7 Å². The Labute approximate surface area is 176 Å². The highest BCUT2D eigenvalue weighted by molar-refractivity contribution is 7.86. The third-order valence-electron chi connectivity index (χ3n) is 4.90. The van der Waals surface area contributed by atoms with E-state index in [1.165, 1.54) is 0 Å². The van der Waals surface area contributed by atoms with E-state index in [-0.39, 0.29) is 11.5 Å². The Hall–Kier alpha value is -2.06. The maximum absolute atomic E-state index is 12.0. The molecule has 8 heteroatoms. The molecule has 0 bridgehead atoms. The zero-order valence-corrected chi connectivity index (χ0v) is 19.1. The molecule has 0 aliphatic carbocycles. The number of hydrogen-bond acceptors (Lipinski definition) is 6. The van der Waals surface area contributed by atoms with Crippen molar-refractivity contribution < 1.29 is 17.4 Å². The van der Waals surface area contributed by atoms with Gasteiger partial charge in [-0.25, -0.2) is 0 Å². The van der Waals surface area contributed by atoms with Crippen molar-refractivity contribution >= 4 is 16.5 Å². The molecule has 7 nitrogen and oxygen atoms in total. The highest BCUT2D eigenvalue weighted by Crippen LogP contribution is 2.21. The minimum atomic E-state index is -3.66. The van der Waals surface area contributed by atoms with Gasteiger partial charge in [0, 0.05) is 41.3 Å². The van der Waals surface area contributed by atoms with Gasteiger partial charge in [0.2, 0.25) is 6.41 Å². The lowest BCUT2D eigenvalue weighted by atomic mass is 9.94. The van der Waals surface area contributed by atoms with Gasteiger partial charge in [0.25, 0.3) is 10.1 Å². The second kappa shape index (κ2) is 11.8. The number of piperidine rings is 1. The summed E-state index contributed by atoms with van der Waals surface area (Å²) in [6.07, 6.45) is 3.39. The van der Waals surface area contributed by atoms with Gasteiger partial charge in [0.05, 0.1) is 17.3 Å². The zero-order chi connectivity index (χ0) is 22.0. The van der Waals surface area contributed by atoms with Crippen LogP contribution in [0.15, 0.2) is 41.6 Å². The Bertz CT molecular complexity index is 728. The van der Waals surface area contributed by atoms with Crippen molar-refractivity contribution in [2.24, 2.45) is 5.92 Å². The number of amides is 1. The molecule has 0 unspecified atom stereocenters. The van der Waals surface area contributed by atoms with E-state index in [0.29, 0.717) is 12.3 Å². The van der Waals surface area contributed by atoms with Crippen molar-refractivity contribution in [2.75, 3.05) is 47.9 Å². The largest absolute Gasteiger partial charge is 0.365 e. The van der Waals surface area contributed by atoms with Crippen LogP contribution < -0.4 is 0 Å². The minimum absolute atomic E-state index is 0.196. The molecule has 0 radical (unpaired) electrons. The minimum Gasteiger partial charge on any atom is -0.365 e. The van der Waals surface area contributed by atoms with Gasteiger partial charge >= 0.3 is 0 Å². The van der Waals surface area contributed by atoms with Crippen LogP contribution in [0.25, 0.3) is 0 Å². The summed E-state index contributed by atoms with van der Waals surface area (Å²) in [5.41, 5.74) is 1.01. The molecule has 0 atom stereocenters. The van der Waals surface area contributed by atoms with Crippen LogP contribution in [-0.2, 0) is 19.1 Å². The summed E-state index contributed by atoms with van der Waals surface area (Å²) in [6.45, 7) is 7.41. The summed E-state index contributed by atoms with van der Waals surface area (Å²) in [7, 11) is 4.24. The summed E-state index contributed by atoms with van der Waals surface area (Å²) in [4.78, 5) is 16.5. The van der Waals surface area contributed by atoms with E-state index in [1.54, 1.807) is 29.2 Å². The van der Waals surface area contributed by atoms with Crippen LogP contribution in [-0.4, -0.2) is 77.4 Å². The number of likely N-dealkylation sites (tertiary alicyclic amines) is 1. The third-order valence-corrected chi connectivity index (χ3v) is 6.23. The van der Waals surface area contributed by atoms with Gasteiger partial charge in [0.1, 0.15) is 0 Å². The molecular formula is C21H35N3O4S. The summed E-state index contributed by atoms with van der Waals surface area (Å²) in [6, 6.07) is 6.64. The maximum atomic E-state index is 12.0. The lowest BCUT2D eigenvalue weighted by molar-refractivity contribution is -0.119. The predicted octanol–water partition coefficient (Wildman–Crippen LogP) is 2.54. The van der Waals surface area contributed by atoms with Gasteiger partial charge in [-0.05, 0) is 44.2 Å². The molecule has 2 rings (SSSR count). The van der Waals surface area contributed by atoms with Gasteiger partial charge in [-0.15, -0.1) is 0 Å². The van der Waals surface area contributed by atoms with Crippen LogP contribution in [0.1, 0.15) is 24.8 Å². The number of nitrogens with zero attached hydrogens (tertiary/aromatic N) is 3. The number of benzene rings is 1. The average Bonchev–Trinajstić information content (AvgIpc) is 2.68. The van der Waals surface area contributed by atoms with Gasteiger partial charge < -0.3 is 14.7 Å². The molecular weight excluding hydrogens is 390 g/mol. The lowest BCUT2D eigenvalue weighted by Crippen LogP contribution is -2.32. The van der Waals surface area contributed by atoms with Crippen LogP contribution in [0.3, 0.4) is 0 Å². The number of hydrogen-bond donors (Lipinski definition) is 0. The Morgan fingerprint density at radius 3 is 2.07 bits per heavy atom. The smallest absolute Gasteiger partial charge is 0.296 e. The standard InChI is InChI=1S/C15H21NO4S.C6H14N2/c1-13-2-4-15(5-3-13)21(18,19)20-11-8-14-6-9-16(12-17)10-7-14;1-6(7(2)3)8(4)5/h2-5,12,14H,6-11H2,1H3;1H2,2-5H3. The Kier molecular flexibility index (Phi) is 10.2. The van der Waals surface area contributed by atoms with Crippen molar-refractivity contribution in [3.8, 4) is 0 Å². The molecule has 1 aromatic carbocycles. The molecule has 1 aliphatic heterocycles. The maximum Gasteiger partial charge on any atom is 0.296 e. The first-order chi connectivity index (χ1) is 13.6. The van der Waals surface area contributed by atoms with Crippen molar-refractivity contribution in [3.63, 3.8) is 0 Å². The first kappa shape index (κ1) is 25.0. The van der Waals surface area contributed by atoms with Crippen LogP contribution in [0.2, 0.25) is 0 Å². The summed E-state index contributed by atoms with van der Waals surface area (Å²) < 4.78 is 29.1. The van der Waals surface area contributed by atoms with E-state index in [2.05, 4.69) is 6.58 Å². The molecule has 0 aromatic heterocycles. The molecule has 0 spiro atoms. The number of carbonyl (C=O) groups excluding carboxylic acids is 1. The van der Waals surface area contributed by atoms with E-state index >= 15 is 0 Å². The normalized spacial score (nSPS) is 14.6. The Balaban J connectivity index is 0.000000447. The monoisotopic (exact) mass is 425 g/mol. The van der Waals surface area contributed by atoms with Crippen LogP contribution in [0.4, 0.5) is 0 Å². The van der Waals surface area contributed by atoms with E-state index < -0.39 is 10.1 Å². The lowest BCUT2D eigenvalue weighted by Gasteiger charge is -2.28. The Morgan fingerprint density at radius 1 is 1.14 bits per heavy atom. The molecule has 0 N–H and O–H groups in total. The van der Waals surface area contributed by atoms with Crippen LogP contribution >= 0.6 is 0 Å². The molecule has 29 heavy (non-hydrogen) atoms.